The number of hydrogen-bond donors (Lipinski definition) is 1. The Labute approximate surface area is 117 Å². The van der Waals surface area contributed by atoms with Crippen molar-refractivity contribution < 1.29 is 13.9 Å². The highest BCUT2D eigenvalue weighted by atomic mass is 16.5. The zero-order chi connectivity index (χ0) is 14.1. The predicted molar refractivity (Wildman–Crippen MR) is 73.7 cm³/mol. The number of furan rings is 1. The summed E-state index contributed by atoms with van der Waals surface area (Å²) in [6.07, 6.45) is 4.16. The molecule has 3 rings (SSSR count). The average molecular weight is 272 g/mol. The van der Waals surface area contributed by atoms with Crippen molar-refractivity contribution in [1.82, 2.24) is 4.98 Å². The molecule has 20 heavy (non-hydrogen) atoms. The fraction of sp³-hybridized carbons (Fsp3) is 0.333. The van der Waals surface area contributed by atoms with Crippen LogP contribution in [0.15, 0.2) is 35.1 Å². The molecule has 0 spiro atoms. The van der Waals surface area contributed by atoms with E-state index >= 15 is 0 Å². The first-order chi connectivity index (χ1) is 9.69. The van der Waals surface area contributed by atoms with Gasteiger partial charge in [-0.05, 0) is 37.1 Å². The highest BCUT2D eigenvalue weighted by Gasteiger charge is 2.46. The molecule has 0 saturated heterocycles. The summed E-state index contributed by atoms with van der Waals surface area (Å²) < 4.78 is 10.5. The van der Waals surface area contributed by atoms with E-state index in [9.17, 15) is 4.79 Å². The molecule has 1 aliphatic carbocycles. The lowest BCUT2D eigenvalue weighted by Gasteiger charge is -2.09. The monoisotopic (exact) mass is 272 g/mol. The first kappa shape index (κ1) is 12.7. The van der Waals surface area contributed by atoms with Crippen LogP contribution in [0.25, 0.3) is 0 Å². The van der Waals surface area contributed by atoms with Crippen LogP contribution in [0.2, 0.25) is 0 Å². The second-order valence-corrected chi connectivity index (χ2v) is 5.02. The molecule has 104 valence electrons. The normalized spacial score (nSPS) is 20.5. The molecule has 1 amide bonds. The fourth-order valence-corrected chi connectivity index (χ4v) is 2.34. The smallest absolute Gasteiger partial charge is 0.237 e. The third kappa shape index (κ3) is 2.39. The van der Waals surface area contributed by atoms with Gasteiger partial charge in [-0.1, -0.05) is 0 Å². The molecule has 2 heterocycles. The SMILES string of the molecule is COc1ncc(C)cc1NC(=O)[C@H]1C[C@@H]1c1ccco1. The number of ether oxygens (including phenoxy) is 1. The van der Waals surface area contributed by atoms with E-state index < -0.39 is 0 Å². The Morgan fingerprint density at radius 1 is 1.55 bits per heavy atom. The first-order valence-electron chi connectivity index (χ1n) is 6.54. The van der Waals surface area contributed by atoms with Gasteiger partial charge in [0.15, 0.2) is 0 Å². The molecule has 1 fully saturated rings. The van der Waals surface area contributed by atoms with Gasteiger partial charge in [0.1, 0.15) is 11.4 Å². The number of pyridine rings is 1. The maximum atomic E-state index is 12.2. The summed E-state index contributed by atoms with van der Waals surface area (Å²) in [6, 6.07) is 5.61. The average Bonchev–Trinajstić information content (AvgIpc) is 3.05. The van der Waals surface area contributed by atoms with Gasteiger partial charge in [-0.25, -0.2) is 4.98 Å². The number of carbonyl (C=O) groups is 1. The molecule has 0 aromatic carbocycles. The Morgan fingerprint density at radius 3 is 3.10 bits per heavy atom. The van der Waals surface area contributed by atoms with Crippen LogP contribution in [0.3, 0.4) is 0 Å². The zero-order valence-corrected chi connectivity index (χ0v) is 11.4. The number of anilines is 1. The Kier molecular flexibility index (Phi) is 3.18. The zero-order valence-electron chi connectivity index (χ0n) is 11.4. The Bertz CT molecular complexity index is 622. The summed E-state index contributed by atoms with van der Waals surface area (Å²) in [5.74, 6) is 1.44. The Hall–Kier alpha value is -2.30. The van der Waals surface area contributed by atoms with Gasteiger partial charge in [0.05, 0.1) is 13.4 Å². The minimum atomic E-state index is -0.0358. The topological polar surface area (TPSA) is 64.4 Å². The molecule has 0 bridgehead atoms. The summed E-state index contributed by atoms with van der Waals surface area (Å²) >= 11 is 0. The van der Waals surface area contributed by atoms with E-state index in [1.54, 1.807) is 12.5 Å². The van der Waals surface area contributed by atoms with Gasteiger partial charge in [-0.2, -0.15) is 0 Å². The van der Waals surface area contributed by atoms with E-state index in [0.29, 0.717) is 11.6 Å². The lowest BCUT2D eigenvalue weighted by Crippen LogP contribution is -2.15. The number of rotatable bonds is 4. The number of nitrogens with zero attached hydrogens (tertiary/aromatic N) is 1. The van der Waals surface area contributed by atoms with Crippen molar-refractivity contribution in [3.05, 3.63) is 42.0 Å². The molecule has 1 N–H and O–H groups in total. The molecule has 0 aliphatic heterocycles. The van der Waals surface area contributed by atoms with Crippen LogP contribution in [-0.4, -0.2) is 18.0 Å². The van der Waals surface area contributed by atoms with Crippen molar-refractivity contribution in [2.24, 2.45) is 5.92 Å². The van der Waals surface area contributed by atoms with Crippen molar-refractivity contribution in [3.63, 3.8) is 0 Å². The molecule has 2 atom stereocenters. The largest absolute Gasteiger partial charge is 0.480 e. The van der Waals surface area contributed by atoms with Gasteiger partial charge < -0.3 is 14.5 Å². The molecule has 1 saturated carbocycles. The number of carbonyl (C=O) groups excluding carboxylic acids is 1. The van der Waals surface area contributed by atoms with Crippen LogP contribution in [-0.2, 0) is 4.79 Å². The maximum Gasteiger partial charge on any atom is 0.237 e. The maximum absolute atomic E-state index is 12.2. The van der Waals surface area contributed by atoms with E-state index in [1.165, 1.54) is 7.11 Å². The lowest BCUT2D eigenvalue weighted by atomic mass is 10.2. The second-order valence-electron chi connectivity index (χ2n) is 5.02. The summed E-state index contributed by atoms with van der Waals surface area (Å²) in [7, 11) is 1.54. The van der Waals surface area contributed by atoms with Crippen molar-refractivity contribution in [2.75, 3.05) is 12.4 Å². The van der Waals surface area contributed by atoms with E-state index in [1.807, 2.05) is 25.1 Å². The van der Waals surface area contributed by atoms with Crippen molar-refractivity contribution in [3.8, 4) is 5.88 Å². The van der Waals surface area contributed by atoms with Crippen LogP contribution in [0.4, 0.5) is 5.69 Å². The minimum Gasteiger partial charge on any atom is -0.480 e. The van der Waals surface area contributed by atoms with Gasteiger partial charge in [0.25, 0.3) is 0 Å². The van der Waals surface area contributed by atoms with Crippen molar-refractivity contribution in [2.45, 2.75) is 19.3 Å². The molecule has 5 nitrogen and oxygen atoms in total. The third-order valence-electron chi connectivity index (χ3n) is 3.47. The minimum absolute atomic E-state index is 0.0166. The van der Waals surface area contributed by atoms with Gasteiger partial charge in [0.2, 0.25) is 11.8 Å². The summed E-state index contributed by atoms with van der Waals surface area (Å²) in [5, 5.41) is 2.89. The number of aryl methyl sites for hydroxylation is 1. The summed E-state index contributed by atoms with van der Waals surface area (Å²) in [6.45, 7) is 1.92. The fourth-order valence-electron chi connectivity index (χ4n) is 2.34. The Balaban J connectivity index is 1.70. The number of aromatic nitrogens is 1. The molecule has 5 heteroatoms. The van der Waals surface area contributed by atoms with Gasteiger partial charge in [-0.15, -0.1) is 0 Å². The van der Waals surface area contributed by atoms with E-state index in [-0.39, 0.29) is 17.7 Å². The summed E-state index contributed by atoms with van der Waals surface area (Å²) in [4.78, 5) is 16.4. The van der Waals surface area contributed by atoms with Gasteiger partial charge in [-0.3, -0.25) is 4.79 Å². The highest BCUT2D eigenvalue weighted by Crippen LogP contribution is 2.48. The molecule has 0 radical (unpaired) electrons. The molecule has 2 aromatic heterocycles. The van der Waals surface area contributed by atoms with E-state index in [4.69, 9.17) is 9.15 Å². The number of nitrogens with one attached hydrogen (secondary N) is 1. The van der Waals surface area contributed by atoms with Crippen LogP contribution < -0.4 is 10.1 Å². The van der Waals surface area contributed by atoms with Crippen LogP contribution in [0.5, 0.6) is 5.88 Å². The van der Waals surface area contributed by atoms with E-state index in [2.05, 4.69) is 10.3 Å². The van der Waals surface area contributed by atoms with E-state index in [0.717, 1.165) is 17.7 Å². The molecule has 1 aliphatic rings. The highest BCUT2D eigenvalue weighted by molar-refractivity contribution is 5.96. The van der Waals surface area contributed by atoms with Crippen LogP contribution in [0.1, 0.15) is 23.7 Å². The van der Waals surface area contributed by atoms with Crippen molar-refractivity contribution >= 4 is 11.6 Å². The first-order valence-corrected chi connectivity index (χ1v) is 6.54. The third-order valence-corrected chi connectivity index (χ3v) is 3.47. The number of methoxy groups -OCH3 is 1. The Morgan fingerprint density at radius 2 is 2.40 bits per heavy atom. The molecule has 2 aromatic rings. The standard InChI is InChI=1S/C15H16N2O3/c1-9-6-12(15(19-2)16-8-9)17-14(18)11-7-10(11)13-4-3-5-20-13/h3-6,8,10-11H,7H2,1-2H3,(H,17,18)/t10-,11-/m0/s1. The van der Waals surface area contributed by atoms with Crippen LogP contribution in [0, 0.1) is 12.8 Å². The molecular weight excluding hydrogens is 256 g/mol. The van der Waals surface area contributed by atoms with Gasteiger partial charge in [0, 0.05) is 18.0 Å². The van der Waals surface area contributed by atoms with Gasteiger partial charge >= 0.3 is 0 Å². The summed E-state index contributed by atoms with van der Waals surface area (Å²) in [5.41, 5.74) is 1.59. The molecule has 0 unspecified atom stereocenters. The predicted octanol–water partition coefficient (Wildman–Crippen LogP) is 2.73. The lowest BCUT2D eigenvalue weighted by molar-refractivity contribution is -0.117. The van der Waals surface area contributed by atoms with Crippen molar-refractivity contribution in [1.29, 1.82) is 0 Å². The van der Waals surface area contributed by atoms with Crippen LogP contribution >= 0.6 is 0 Å². The number of hydrogen-bond acceptors (Lipinski definition) is 4. The number of amides is 1. The second kappa shape index (κ2) is 5.00. The molecular formula is C15H16N2O3. The quantitative estimate of drug-likeness (QED) is 0.929.